The van der Waals surface area contributed by atoms with Gasteiger partial charge in [0.2, 0.25) is 0 Å². The molecule has 0 radical (unpaired) electrons. The van der Waals surface area contributed by atoms with Crippen molar-refractivity contribution in [3.63, 3.8) is 0 Å². The third kappa shape index (κ3) is 5.74. The van der Waals surface area contributed by atoms with Crippen molar-refractivity contribution in [3.05, 3.63) is 0 Å². The van der Waals surface area contributed by atoms with Crippen molar-refractivity contribution in [2.24, 2.45) is 0 Å². The molecule has 1 aliphatic rings. The van der Waals surface area contributed by atoms with E-state index in [4.69, 9.17) is 14.6 Å². The van der Waals surface area contributed by atoms with Gasteiger partial charge in [-0.05, 0) is 32.6 Å². The van der Waals surface area contributed by atoms with Gasteiger partial charge in [-0.15, -0.1) is 0 Å². The van der Waals surface area contributed by atoms with Gasteiger partial charge in [0, 0.05) is 18.9 Å². The van der Waals surface area contributed by atoms with Gasteiger partial charge < -0.3 is 14.6 Å². The Morgan fingerprint density at radius 2 is 2.44 bits per heavy atom. The summed E-state index contributed by atoms with van der Waals surface area (Å²) in [6.07, 6.45) is 4.46. The highest BCUT2D eigenvalue weighted by molar-refractivity contribution is 5.86. The van der Waals surface area contributed by atoms with Crippen LogP contribution in [-0.4, -0.2) is 30.1 Å². The van der Waals surface area contributed by atoms with Gasteiger partial charge in [0.1, 0.15) is 0 Å². The minimum Gasteiger partial charge on any atom is -0.472 e. The predicted molar refractivity (Wildman–Crippen MR) is 58.8 cm³/mol. The second-order valence-electron chi connectivity index (χ2n) is 3.89. The second kappa shape index (κ2) is 7.26. The van der Waals surface area contributed by atoms with Crippen LogP contribution in [0, 0.1) is 11.8 Å². The molecule has 0 unspecified atom stereocenters. The molecule has 0 amide bonds. The highest BCUT2D eigenvalue weighted by Gasteiger charge is 2.16. The van der Waals surface area contributed by atoms with Crippen LogP contribution in [0.2, 0.25) is 0 Å². The maximum absolute atomic E-state index is 10.1. The summed E-state index contributed by atoms with van der Waals surface area (Å²) in [6, 6.07) is 0. The van der Waals surface area contributed by atoms with E-state index in [-0.39, 0.29) is 12.4 Å². The molecule has 0 bridgehead atoms. The minimum absolute atomic E-state index is 0.0613. The Morgan fingerprint density at radius 1 is 1.62 bits per heavy atom. The number of hydrogen-bond donors (Lipinski definition) is 1. The quantitative estimate of drug-likeness (QED) is 0.742. The van der Waals surface area contributed by atoms with Gasteiger partial charge in [-0.25, -0.2) is 4.79 Å². The van der Waals surface area contributed by atoms with Gasteiger partial charge in [-0.2, -0.15) is 0 Å². The molecule has 0 aromatic carbocycles. The molecule has 0 aromatic heterocycles. The van der Waals surface area contributed by atoms with Crippen molar-refractivity contribution in [3.8, 4) is 11.8 Å². The maximum Gasteiger partial charge on any atom is 0.381 e. The predicted octanol–water partition coefficient (Wildman–Crippen LogP) is 1.79. The molecule has 0 aliphatic carbocycles. The minimum atomic E-state index is -1.08. The Hall–Kier alpha value is -1.05. The van der Waals surface area contributed by atoms with Crippen molar-refractivity contribution in [1.29, 1.82) is 0 Å². The third-order valence-corrected chi connectivity index (χ3v) is 2.39. The Kier molecular flexibility index (Phi) is 5.91. The highest BCUT2D eigenvalue weighted by atomic mass is 16.7. The van der Waals surface area contributed by atoms with Crippen LogP contribution in [0.3, 0.4) is 0 Å². The number of aliphatic carboxylic acids is 1. The molecule has 0 spiro atoms. The molecular formula is C12H18O4. The molecule has 4 heteroatoms. The molecule has 1 fully saturated rings. The normalized spacial score (nSPS) is 21.9. The maximum atomic E-state index is 10.1. The summed E-state index contributed by atoms with van der Waals surface area (Å²) in [6.45, 7) is 2.73. The van der Waals surface area contributed by atoms with E-state index in [1.54, 1.807) is 0 Å². The fraction of sp³-hybridized carbons (Fsp3) is 0.750. The zero-order valence-electron chi connectivity index (χ0n) is 9.57. The first kappa shape index (κ1) is 13.0. The molecule has 1 aliphatic heterocycles. The average molecular weight is 226 g/mol. The average Bonchev–Trinajstić information content (AvgIpc) is 2.25. The number of carboxylic acid groups (broad SMARTS) is 1. The first-order chi connectivity index (χ1) is 7.68. The summed E-state index contributed by atoms with van der Waals surface area (Å²) >= 11 is 0. The van der Waals surface area contributed by atoms with Crippen molar-refractivity contribution in [2.45, 2.75) is 51.4 Å². The number of carbonyl (C=O) groups is 1. The summed E-state index contributed by atoms with van der Waals surface area (Å²) in [5.74, 6) is 3.59. The fourth-order valence-corrected chi connectivity index (χ4v) is 1.56. The highest BCUT2D eigenvalue weighted by Crippen LogP contribution is 2.16. The Balaban J connectivity index is 2.13. The third-order valence-electron chi connectivity index (χ3n) is 2.39. The largest absolute Gasteiger partial charge is 0.472 e. The standard InChI is InChI=1S/C12H18O4/c1-10(6-2-3-7-11(13)14)16-12-8-4-5-9-15-12/h10,12H,2,4-6,8-9H2,1H3,(H,13,14)/t10-,12+/m0/s1. The lowest BCUT2D eigenvalue weighted by atomic mass is 10.2. The molecule has 90 valence electrons. The van der Waals surface area contributed by atoms with Gasteiger partial charge in [0.15, 0.2) is 6.29 Å². The van der Waals surface area contributed by atoms with E-state index in [9.17, 15) is 4.79 Å². The van der Waals surface area contributed by atoms with E-state index in [0.29, 0.717) is 6.42 Å². The van der Waals surface area contributed by atoms with E-state index in [1.165, 1.54) is 0 Å². The number of ether oxygens (including phenoxy) is 2. The molecule has 1 rings (SSSR count). The SMILES string of the molecule is C[C@@H](CCC#CC(=O)O)O[C@@H]1CCCCO1. The van der Waals surface area contributed by atoms with Crippen molar-refractivity contribution >= 4 is 5.97 Å². The molecule has 1 saturated heterocycles. The zero-order valence-corrected chi connectivity index (χ0v) is 9.57. The van der Waals surface area contributed by atoms with E-state index in [0.717, 1.165) is 32.3 Å². The summed E-state index contributed by atoms with van der Waals surface area (Å²) in [4.78, 5) is 10.1. The van der Waals surface area contributed by atoms with E-state index in [1.807, 2.05) is 6.92 Å². The molecule has 0 saturated carbocycles. The Morgan fingerprint density at radius 3 is 3.06 bits per heavy atom. The Labute approximate surface area is 95.9 Å². The van der Waals surface area contributed by atoms with Gasteiger partial charge in [-0.1, -0.05) is 5.92 Å². The molecule has 16 heavy (non-hydrogen) atoms. The Bertz CT molecular complexity index is 270. The molecule has 0 aromatic rings. The van der Waals surface area contributed by atoms with Crippen LogP contribution in [0.1, 0.15) is 39.0 Å². The number of hydrogen-bond acceptors (Lipinski definition) is 3. The molecule has 2 atom stereocenters. The summed E-state index contributed by atoms with van der Waals surface area (Å²) in [7, 11) is 0. The van der Waals surface area contributed by atoms with Gasteiger partial charge in [0.25, 0.3) is 0 Å². The fourth-order valence-electron chi connectivity index (χ4n) is 1.56. The molecule has 1 N–H and O–H groups in total. The number of carboxylic acids is 1. The van der Waals surface area contributed by atoms with E-state index < -0.39 is 5.97 Å². The summed E-state index contributed by atoms with van der Waals surface area (Å²) in [5.41, 5.74) is 0. The smallest absolute Gasteiger partial charge is 0.381 e. The van der Waals surface area contributed by atoms with E-state index >= 15 is 0 Å². The molecule has 4 nitrogen and oxygen atoms in total. The van der Waals surface area contributed by atoms with Crippen molar-refractivity contribution in [2.75, 3.05) is 6.61 Å². The zero-order chi connectivity index (χ0) is 11.8. The van der Waals surface area contributed by atoms with Crippen LogP contribution >= 0.6 is 0 Å². The molecular weight excluding hydrogens is 208 g/mol. The summed E-state index contributed by atoms with van der Waals surface area (Å²) in [5, 5.41) is 8.31. The van der Waals surface area contributed by atoms with E-state index in [2.05, 4.69) is 11.8 Å². The van der Waals surface area contributed by atoms with Crippen LogP contribution in [-0.2, 0) is 14.3 Å². The van der Waals surface area contributed by atoms with Crippen LogP contribution in [0.4, 0.5) is 0 Å². The number of rotatable bonds is 4. The summed E-state index contributed by atoms with van der Waals surface area (Å²) < 4.78 is 11.1. The van der Waals surface area contributed by atoms with Gasteiger partial charge in [0.05, 0.1) is 6.10 Å². The first-order valence-corrected chi connectivity index (χ1v) is 5.67. The van der Waals surface area contributed by atoms with Gasteiger partial charge >= 0.3 is 5.97 Å². The van der Waals surface area contributed by atoms with Crippen molar-refractivity contribution < 1.29 is 19.4 Å². The molecule has 1 heterocycles. The lowest BCUT2D eigenvalue weighted by molar-refractivity contribution is -0.185. The van der Waals surface area contributed by atoms with Crippen LogP contribution in [0.15, 0.2) is 0 Å². The second-order valence-corrected chi connectivity index (χ2v) is 3.89. The lowest BCUT2D eigenvalue weighted by Crippen LogP contribution is -2.26. The topological polar surface area (TPSA) is 55.8 Å². The van der Waals surface area contributed by atoms with Gasteiger partial charge in [-0.3, -0.25) is 0 Å². The van der Waals surface area contributed by atoms with Crippen LogP contribution < -0.4 is 0 Å². The monoisotopic (exact) mass is 226 g/mol. The van der Waals surface area contributed by atoms with Crippen LogP contribution in [0.5, 0.6) is 0 Å². The lowest BCUT2D eigenvalue weighted by Gasteiger charge is -2.25. The van der Waals surface area contributed by atoms with Crippen LogP contribution in [0.25, 0.3) is 0 Å². The first-order valence-electron chi connectivity index (χ1n) is 5.67. The van der Waals surface area contributed by atoms with Crippen molar-refractivity contribution in [1.82, 2.24) is 0 Å².